The number of aromatic nitrogens is 1. The third-order valence-electron chi connectivity index (χ3n) is 1.86. The molecule has 0 atom stereocenters. The molecule has 1 aromatic carbocycles. The van der Waals surface area contributed by atoms with Crippen molar-refractivity contribution in [3.05, 3.63) is 18.2 Å². The van der Waals surface area contributed by atoms with Gasteiger partial charge >= 0.3 is 14.3 Å². The fourth-order valence-electron chi connectivity index (χ4n) is 1.25. The Morgan fingerprint density at radius 3 is 2.88 bits per heavy atom. The minimum Gasteiger partial charge on any atom is -0.494 e. The second kappa shape index (κ2) is 3.95. The lowest BCUT2D eigenvalue weighted by atomic mass is 10.3. The second-order valence-electron chi connectivity index (χ2n) is 2.98. The summed E-state index contributed by atoms with van der Waals surface area (Å²) in [6, 6.07) is 4.84. The highest BCUT2D eigenvalue weighted by Gasteiger charge is 2.18. The summed E-state index contributed by atoms with van der Waals surface area (Å²) >= 11 is 0. The highest BCUT2D eigenvalue weighted by molar-refractivity contribution is 8.13. The summed E-state index contributed by atoms with van der Waals surface area (Å²) in [5, 5.41) is -0.502. The Labute approximate surface area is 96.4 Å². The van der Waals surface area contributed by atoms with E-state index in [0.29, 0.717) is 23.5 Å². The van der Waals surface area contributed by atoms with Crippen molar-refractivity contribution in [3.63, 3.8) is 0 Å². The molecule has 5 nitrogen and oxygen atoms in total. The molecule has 0 bridgehead atoms. The van der Waals surface area contributed by atoms with E-state index in [9.17, 15) is 8.42 Å². The number of ether oxygens (including phenoxy) is 1. The average molecular weight is 262 g/mol. The van der Waals surface area contributed by atoms with Crippen LogP contribution in [0.3, 0.4) is 0 Å². The van der Waals surface area contributed by atoms with Crippen molar-refractivity contribution in [2.75, 3.05) is 6.61 Å². The Kier molecular flexibility index (Phi) is 2.77. The molecule has 16 heavy (non-hydrogen) atoms. The Hall–Kier alpha value is -1.27. The zero-order valence-electron chi connectivity index (χ0n) is 8.31. The van der Waals surface area contributed by atoms with Gasteiger partial charge in [-0.15, -0.1) is 0 Å². The molecule has 0 unspecified atom stereocenters. The topological polar surface area (TPSA) is 69.4 Å². The van der Waals surface area contributed by atoms with Crippen LogP contribution in [0.1, 0.15) is 6.92 Å². The van der Waals surface area contributed by atoms with Crippen molar-refractivity contribution in [2.24, 2.45) is 0 Å². The maximum Gasteiger partial charge on any atom is 0.332 e. The first-order valence-corrected chi connectivity index (χ1v) is 6.79. The Balaban J connectivity index is 2.54. The number of benzene rings is 1. The first-order valence-electron chi connectivity index (χ1n) is 4.49. The minimum atomic E-state index is -3.94. The van der Waals surface area contributed by atoms with E-state index in [-0.39, 0.29) is 0 Å². The fraction of sp³-hybridized carbons (Fsp3) is 0.222. The number of halogens is 1. The summed E-state index contributed by atoms with van der Waals surface area (Å²) in [6.45, 7) is 2.37. The lowest BCUT2D eigenvalue weighted by Gasteiger charge is -2.00. The number of hydrogen-bond donors (Lipinski definition) is 0. The normalized spacial score (nSPS) is 11.9. The van der Waals surface area contributed by atoms with Gasteiger partial charge in [-0.1, -0.05) is 0 Å². The van der Waals surface area contributed by atoms with Gasteiger partial charge in [-0.25, -0.2) is 8.42 Å². The summed E-state index contributed by atoms with van der Waals surface area (Å²) in [4.78, 5) is 3.76. The molecule has 1 aromatic heterocycles. The third-order valence-corrected chi connectivity index (χ3v) is 2.85. The number of nitrogens with zero attached hydrogens (tertiary/aromatic N) is 1. The van der Waals surface area contributed by atoms with Crippen LogP contribution in [0.5, 0.6) is 5.75 Å². The predicted molar refractivity (Wildman–Crippen MR) is 58.2 cm³/mol. The number of rotatable bonds is 3. The fourth-order valence-corrected chi connectivity index (χ4v) is 1.84. The van der Waals surface area contributed by atoms with Gasteiger partial charge in [0.25, 0.3) is 0 Å². The van der Waals surface area contributed by atoms with E-state index < -0.39 is 14.3 Å². The Morgan fingerprint density at radius 2 is 2.25 bits per heavy atom. The molecule has 0 aliphatic rings. The zero-order chi connectivity index (χ0) is 11.8. The lowest BCUT2D eigenvalue weighted by Crippen LogP contribution is -1.90. The highest BCUT2D eigenvalue weighted by atomic mass is 35.7. The third kappa shape index (κ3) is 2.12. The molecular weight excluding hydrogens is 254 g/mol. The minimum absolute atomic E-state index is 0.350. The molecular formula is C9H8ClNO4S. The van der Waals surface area contributed by atoms with Crippen LogP contribution < -0.4 is 4.74 Å². The molecule has 2 rings (SSSR count). The first-order chi connectivity index (χ1) is 7.50. The Morgan fingerprint density at radius 1 is 1.50 bits per heavy atom. The Bertz CT molecular complexity index is 619. The first kappa shape index (κ1) is 11.2. The van der Waals surface area contributed by atoms with Gasteiger partial charge in [-0.3, -0.25) is 0 Å². The molecule has 7 heteroatoms. The second-order valence-corrected chi connectivity index (χ2v) is 5.42. The zero-order valence-corrected chi connectivity index (χ0v) is 9.88. The quantitative estimate of drug-likeness (QED) is 0.792. The van der Waals surface area contributed by atoms with Crippen molar-refractivity contribution in [2.45, 2.75) is 12.1 Å². The van der Waals surface area contributed by atoms with Gasteiger partial charge in [0.2, 0.25) is 0 Å². The van der Waals surface area contributed by atoms with Crippen LogP contribution in [0.2, 0.25) is 0 Å². The summed E-state index contributed by atoms with van der Waals surface area (Å²) in [5.41, 5.74) is 0.743. The molecule has 0 aliphatic heterocycles. The van der Waals surface area contributed by atoms with Crippen molar-refractivity contribution < 1.29 is 17.6 Å². The maximum atomic E-state index is 11.0. The van der Waals surface area contributed by atoms with Crippen LogP contribution in [0.4, 0.5) is 0 Å². The lowest BCUT2D eigenvalue weighted by molar-refractivity contribution is 0.340. The van der Waals surface area contributed by atoms with Gasteiger partial charge in [0, 0.05) is 16.7 Å². The van der Waals surface area contributed by atoms with Gasteiger partial charge in [0.1, 0.15) is 11.3 Å². The summed E-state index contributed by atoms with van der Waals surface area (Å²) in [6.07, 6.45) is 0. The van der Waals surface area contributed by atoms with Crippen LogP contribution in [-0.2, 0) is 9.05 Å². The van der Waals surface area contributed by atoms with Gasteiger partial charge in [0.05, 0.1) is 6.61 Å². The number of oxazole rings is 1. The average Bonchev–Trinajstić information content (AvgIpc) is 2.60. The molecule has 86 valence electrons. The summed E-state index contributed by atoms with van der Waals surface area (Å²) in [7, 11) is 1.18. The van der Waals surface area contributed by atoms with Crippen molar-refractivity contribution in [3.8, 4) is 5.75 Å². The van der Waals surface area contributed by atoms with Crippen LogP contribution in [0, 0.1) is 0 Å². The number of hydrogen-bond acceptors (Lipinski definition) is 5. The number of fused-ring (bicyclic) bond motifs is 1. The molecule has 0 spiro atoms. The van der Waals surface area contributed by atoms with Crippen molar-refractivity contribution in [1.29, 1.82) is 0 Å². The molecule has 2 aromatic rings. The van der Waals surface area contributed by atoms with E-state index in [2.05, 4.69) is 4.98 Å². The van der Waals surface area contributed by atoms with E-state index >= 15 is 0 Å². The van der Waals surface area contributed by atoms with E-state index in [1.807, 2.05) is 6.92 Å². The van der Waals surface area contributed by atoms with Crippen molar-refractivity contribution >= 4 is 30.8 Å². The molecule has 0 fully saturated rings. The molecule has 0 radical (unpaired) electrons. The highest BCUT2D eigenvalue weighted by Crippen LogP contribution is 2.24. The maximum absolute atomic E-state index is 11.0. The molecule has 0 aliphatic carbocycles. The van der Waals surface area contributed by atoms with Crippen LogP contribution in [0.15, 0.2) is 27.8 Å². The predicted octanol–water partition coefficient (Wildman–Crippen LogP) is 2.15. The molecule has 0 saturated carbocycles. The van der Waals surface area contributed by atoms with E-state index in [1.54, 1.807) is 18.2 Å². The van der Waals surface area contributed by atoms with Gasteiger partial charge in [-0.05, 0) is 19.1 Å². The monoisotopic (exact) mass is 261 g/mol. The largest absolute Gasteiger partial charge is 0.494 e. The summed E-state index contributed by atoms with van der Waals surface area (Å²) < 4.78 is 32.2. The molecule has 0 saturated heterocycles. The summed E-state index contributed by atoms with van der Waals surface area (Å²) in [5.74, 6) is 0.599. The van der Waals surface area contributed by atoms with Gasteiger partial charge in [-0.2, -0.15) is 4.98 Å². The van der Waals surface area contributed by atoms with Crippen LogP contribution in [0.25, 0.3) is 11.1 Å². The van der Waals surface area contributed by atoms with Crippen LogP contribution >= 0.6 is 10.7 Å². The van der Waals surface area contributed by atoms with E-state index in [0.717, 1.165) is 0 Å². The molecule has 0 amide bonds. The van der Waals surface area contributed by atoms with E-state index in [1.165, 1.54) is 0 Å². The van der Waals surface area contributed by atoms with Crippen molar-refractivity contribution in [1.82, 2.24) is 4.98 Å². The molecule has 0 N–H and O–H groups in total. The van der Waals surface area contributed by atoms with Gasteiger partial charge < -0.3 is 9.15 Å². The van der Waals surface area contributed by atoms with Gasteiger partial charge in [0.15, 0.2) is 5.58 Å². The standard InChI is InChI=1S/C9H8ClNO4S/c1-2-14-6-3-4-8-7(5-6)11-9(15-8)16(10,12)13/h3-5H,2H2,1H3. The smallest absolute Gasteiger partial charge is 0.332 e. The van der Waals surface area contributed by atoms with Crippen LogP contribution in [-0.4, -0.2) is 20.0 Å². The molecule has 1 heterocycles. The van der Waals surface area contributed by atoms with E-state index in [4.69, 9.17) is 19.8 Å². The SMILES string of the molecule is CCOc1ccc2oc(S(=O)(=O)Cl)nc2c1.